The fraction of sp³-hybridized carbons (Fsp3) is 0.542. The van der Waals surface area contributed by atoms with Gasteiger partial charge in [0.25, 0.3) is 0 Å². The van der Waals surface area contributed by atoms with E-state index in [9.17, 15) is 14.4 Å². The second-order valence-electron chi connectivity index (χ2n) is 9.22. The summed E-state index contributed by atoms with van der Waals surface area (Å²) in [6.07, 6.45) is 0.200. The van der Waals surface area contributed by atoms with E-state index in [1.165, 1.54) is 7.11 Å². The highest BCUT2D eigenvalue weighted by Crippen LogP contribution is 2.35. The van der Waals surface area contributed by atoms with E-state index in [1.54, 1.807) is 0 Å². The average molecular weight is 445 g/mol. The van der Waals surface area contributed by atoms with E-state index >= 15 is 0 Å². The smallest absolute Gasteiger partial charge is 0.329 e. The number of esters is 1. The first-order chi connectivity index (χ1) is 14.4. The zero-order valence-corrected chi connectivity index (χ0v) is 20.8. The van der Waals surface area contributed by atoms with Crippen LogP contribution in [0.1, 0.15) is 58.6 Å². The molecule has 6 nitrogen and oxygen atoms in total. The lowest BCUT2D eigenvalue weighted by atomic mass is 10.1. The van der Waals surface area contributed by atoms with E-state index in [0.29, 0.717) is 0 Å². The van der Waals surface area contributed by atoms with Crippen LogP contribution in [0, 0.1) is 11.5 Å². The zero-order valence-electron chi connectivity index (χ0n) is 19.8. The van der Waals surface area contributed by atoms with Crippen LogP contribution in [0.2, 0.25) is 18.1 Å². The van der Waals surface area contributed by atoms with E-state index in [2.05, 4.69) is 56.0 Å². The molecule has 0 bridgehead atoms. The average Bonchev–Trinajstić information content (AvgIpc) is 2.70. The molecule has 7 heteroatoms. The third-order valence-electron chi connectivity index (χ3n) is 5.66. The lowest BCUT2D eigenvalue weighted by Crippen LogP contribution is -2.42. The number of rotatable bonds is 8. The highest BCUT2D eigenvalue weighted by molar-refractivity contribution is 6.87. The van der Waals surface area contributed by atoms with Gasteiger partial charge in [0.05, 0.1) is 13.2 Å². The number of hydrogen-bond acceptors (Lipinski definition) is 4. The van der Waals surface area contributed by atoms with Crippen molar-refractivity contribution >= 4 is 25.9 Å². The molecule has 1 rings (SSSR count). The Bertz CT molecular complexity index is 819. The summed E-state index contributed by atoms with van der Waals surface area (Å²) in [6, 6.07) is 8.61. The summed E-state index contributed by atoms with van der Waals surface area (Å²) in [5, 5.41) is 5.63. The molecule has 31 heavy (non-hydrogen) atoms. The van der Waals surface area contributed by atoms with Crippen LogP contribution in [0.25, 0.3) is 0 Å². The van der Waals surface area contributed by atoms with Gasteiger partial charge in [0.1, 0.15) is 14.1 Å². The second kappa shape index (κ2) is 11.7. The lowest BCUT2D eigenvalue weighted by molar-refractivity contribution is -0.144. The molecule has 2 amide bonds. The highest BCUT2D eigenvalue weighted by Gasteiger charge is 2.33. The van der Waals surface area contributed by atoms with Crippen LogP contribution in [0.5, 0.6) is 0 Å². The van der Waals surface area contributed by atoms with Crippen LogP contribution in [0.15, 0.2) is 30.3 Å². The van der Waals surface area contributed by atoms with Crippen molar-refractivity contribution in [2.24, 2.45) is 0 Å². The Morgan fingerprint density at radius 1 is 1.03 bits per heavy atom. The number of ether oxygens (including phenoxy) is 1. The first-order valence-electron chi connectivity index (χ1n) is 10.6. The molecule has 0 radical (unpaired) electrons. The van der Waals surface area contributed by atoms with Crippen molar-refractivity contribution in [1.29, 1.82) is 0 Å². The lowest BCUT2D eigenvalue weighted by Gasteiger charge is -2.31. The quantitative estimate of drug-likeness (QED) is 0.363. The zero-order chi connectivity index (χ0) is 23.7. The van der Waals surface area contributed by atoms with Crippen LogP contribution in [-0.2, 0) is 19.1 Å². The Morgan fingerprint density at radius 2 is 1.58 bits per heavy atom. The van der Waals surface area contributed by atoms with Crippen LogP contribution >= 0.6 is 0 Å². The summed E-state index contributed by atoms with van der Waals surface area (Å²) in [5.41, 5.74) is 4.33. The van der Waals surface area contributed by atoms with Gasteiger partial charge in [0.2, 0.25) is 11.8 Å². The molecule has 1 aromatic carbocycles. The van der Waals surface area contributed by atoms with Crippen LogP contribution in [0.4, 0.5) is 0 Å². The minimum absolute atomic E-state index is 0.0174. The van der Waals surface area contributed by atoms with E-state index in [1.807, 2.05) is 37.3 Å². The second-order valence-corrected chi connectivity index (χ2v) is 14.2. The Kier molecular flexibility index (Phi) is 9.98. The molecule has 0 aromatic heterocycles. The molecule has 170 valence electrons. The van der Waals surface area contributed by atoms with Crippen molar-refractivity contribution in [3.8, 4) is 11.5 Å². The van der Waals surface area contributed by atoms with Gasteiger partial charge in [0, 0.05) is 19.3 Å². The van der Waals surface area contributed by atoms with Crippen molar-refractivity contribution in [3.63, 3.8) is 0 Å². The molecule has 0 unspecified atom stereocenters. The molecule has 0 aliphatic rings. The number of methoxy groups -OCH3 is 1. The van der Waals surface area contributed by atoms with Crippen molar-refractivity contribution < 1.29 is 19.1 Å². The number of benzene rings is 1. The van der Waals surface area contributed by atoms with Crippen molar-refractivity contribution in [1.82, 2.24) is 10.6 Å². The summed E-state index contributed by atoms with van der Waals surface area (Å²) >= 11 is 0. The van der Waals surface area contributed by atoms with Gasteiger partial charge in [-0.3, -0.25) is 9.59 Å². The molecule has 0 spiro atoms. The Labute approximate surface area is 187 Å². The molecule has 0 aliphatic carbocycles. The summed E-state index contributed by atoms with van der Waals surface area (Å²) in [5.74, 6) is 1.93. The fourth-order valence-electron chi connectivity index (χ4n) is 2.53. The van der Waals surface area contributed by atoms with Crippen molar-refractivity contribution in [3.05, 3.63) is 35.9 Å². The maximum Gasteiger partial charge on any atom is 0.329 e. The van der Waals surface area contributed by atoms with E-state index < -0.39 is 20.1 Å². The van der Waals surface area contributed by atoms with Gasteiger partial charge in [0.15, 0.2) is 0 Å². The topological polar surface area (TPSA) is 84.5 Å². The first kappa shape index (κ1) is 26.4. The van der Waals surface area contributed by atoms with Gasteiger partial charge in [-0.05, 0) is 17.5 Å². The fourth-order valence-corrected chi connectivity index (χ4v) is 3.45. The number of amides is 2. The number of carbonyl (C=O) groups is 3. The molecule has 0 saturated carbocycles. The van der Waals surface area contributed by atoms with Gasteiger partial charge >= 0.3 is 5.97 Å². The standard InChI is InChI=1S/C24H36N2O4Si/c1-18(19-12-9-8-10-13-19)25-21(27)15-16-22(28)26-20(23(29)30-5)14-11-17-31(6,7)24(2,3)4/h8-10,12-13,18,20H,14-16H2,1-7H3,(H,25,27)(H,26,28)/t18-,20-/m1/s1. The third-order valence-corrected chi connectivity index (χ3v) is 10.2. The number of nitrogens with one attached hydrogen (secondary N) is 2. The van der Waals surface area contributed by atoms with E-state index in [4.69, 9.17) is 4.74 Å². The van der Waals surface area contributed by atoms with Crippen molar-refractivity contribution in [2.75, 3.05) is 7.11 Å². The monoisotopic (exact) mass is 444 g/mol. The van der Waals surface area contributed by atoms with Gasteiger partial charge in [-0.25, -0.2) is 4.79 Å². The minimum Gasteiger partial charge on any atom is -0.467 e. The molecule has 2 atom stereocenters. The maximum absolute atomic E-state index is 12.3. The van der Waals surface area contributed by atoms with Crippen LogP contribution < -0.4 is 10.6 Å². The SMILES string of the molecule is COC(=O)[C@@H](CC#C[Si](C)(C)C(C)(C)C)NC(=O)CCC(=O)N[C@H](C)c1ccccc1. The highest BCUT2D eigenvalue weighted by atomic mass is 28.3. The van der Waals surface area contributed by atoms with Gasteiger partial charge in [-0.1, -0.05) is 64.2 Å². The summed E-state index contributed by atoms with van der Waals surface area (Å²) in [4.78, 5) is 36.6. The van der Waals surface area contributed by atoms with E-state index in [0.717, 1.165) is 5.56 Å². The summed E-state index contributed by atoms with van der Waals surface area (Å²) in [6.45, 7) is 12.7. The third kappa shape index (κ3) is 8.97. The summed E-state index contributed by atoms with van der Waals surface area (Å²) < 4.78 is 4.80. The molecule has 0 saturated heterocycles. The molecular formula is C24H36N2O4Si. The van der Waals surface area contributed by atoms with Gasteiger partial charge in [-0.2, -0.15) is 0 Å². The number of hydrogen-bond donors (Lipinski definition) is 2. The molecular weight excluding hydrogens is 408 g/mol. The van der Waals surface area contributed by atoms with Gasteiger partial charge < -0.3 is 15.4 Å². The van der Waals surface area contributed by atoms with Crippen LogP contribution in [-0.4, -0.2) is 39.0 Å². The first-order valence-corrected chi connectivity index (χ1v) is 13.6. The maximum atomic E-state index is 12.3. The molecule has 0 fully saturated rings. The largest absolute Gasteiger partial charge is 0.467 e. The van der Waals surface area contributed by atoms with Crippen LogP contribution in [0.3, 0.4) is 0 Å². The molecule has 0 heterocycles. The minimum atomic E-state index is -1.81. The Balaban J connectivity index is 2.60. The number of carbonyl (C=O) groups excluding carboxylic acids is 3. The van der Waals surface area contributed by atoms with Gasteiger partial charge in [-0.15, -0.1) is 11.5 Å². The molecule has 1 aromatic rings. The molecule has 2 N–H and O–H groups in total. The molecule has 0 aliphatic heterocycles. The predicted octanol–water partition coefficient (Wildman–Crippen LogP) is 3.74. The summed E-state index contributed by atoms with van der Waals surface area (Å²) in [7, 11) is -0.530. The Morgan fingerprint density at radius 3 is 2.10 bits per heavy atom. The van der Waals surface area contributed by atoms with E-state index in [-0.39, 0.29) is 42.2 Å². The Hall–Kier alpha value is -2.59. The predicted molar refractivity (Wildman–Crippen MR) is 126 cm³/mol. The normalized spacial score (nSPS) is 13.3. The van der Waals surface area contributed by atoms with Crippen molar-refractivity contribution in [2.45, 2.75) is 77.2 Å².